The predicted molar refractivity (Wildman–Crippen MR) is 89.9 cm³/mol. The molecule has 2 aliphatic rings. The van der Waals surface area contributed by atoms with Crippen molar-refractivity contribution >= 4 is 11.8 Å². The van der Waals surface area contributed by atoms with Gasteiger partial charge in [-0.15, -0.1) is 0 Å². The maximum absolute atomic E-state index is 12.6. The topological polar surface area (TPSA) is 58.6 Å². The summed E-state index contributed by atoms with van der Waals surface area (Å²) in [6.07, 6.45) is 6.63. The van der Waals surface area contributed by atoms with Gasteiger partial charge in [0.05, 0.1) is 0 Å². The first-order valence-corrected chi connectivity index (χ1v) is 9.17. The lowest BCUT2D eigenvalue weighted by atomic mass is 9.80. The van der Waals surface area contributed by atoms with Crippen LogP contribution in [-0.4, -0.2) is 50.1 Å². The number of piperidine rings is 1. The molecule has 1 unspecified atom stereocenters. The average Bonchev–Trinajstić information content (AvgIpc) is 2.58. The van der Waals surface area contributed by atoms with Crippen LogP contribution in [0, 0.1) is 17.8 Å². The Morgan fingerprint density at radius 1 is 1.13 bits per heavy atom. The van der Waals surface area contributed by atoms with E-state index in [1.54, 1.807) is 7.11 Å². The minimum Gasteiger partial charge on any atom is -0.385 e. The van der Waals surface area contributed by atoms with Gasteiger partial charge in [0.2, 0.25) is 11.8 Å². The molecule has 0 bridgehead atoms. The van der Waals surface area contributed by atoms with E-state index in [-0.39, 0.29) is 17.7 Å². The second-order valence-corrected chi connectivity index (χ2v) is 7.22. The number of carbonyl (C=O) groups excluding carboxylic acids is 2. The lowest BCUT2D eigenvalue weighted by Gasteiger charge is -2.35. The maximum Gasteiger partial charge on any atom is 0.225 e. The molecule has 1 N–H and O–H groups in total. The van der Waals surface area contributed by atoms with Crippen LogP contribution in [0.4, 0.5) is 0 Å². The third-order valence-corrected chi connectivity index (χ3v) is 5.24. The molecule has 1 aliphatic carbocycles. The van der Waals surface area contributed by atoms with Gasteiger partial charge in [-0.2, -0.15) is 0 Å². The molecule has 2 rings (SSSR count). The Bertz CT molecular complexity index is 392. The van der Waals surface area contributed by atoms with E-state index in [9.17, 15) is 9.59 Å². The first kappa shape index (κ1) is 18.2. The van der Waals surface area contributed by atoms with Crippen molar-refractivity contribution in [1.82, 2.24) is 10.2 Å². The fraction of sp³-hybridized carbons (Fsp3) is 0.889. The molecule has 5 heteroatoms. The summed E-state index contributed by atoms with van der Waals surface area (Å²) in [5.74, 6) is 1.33. The molecule has 0 aromatic heterocycles. The molecule has 23 heavy (non-hydrogen) atoms. The number of methoxy groups -OCH3 is 1. The molecule has 1 saturated heterocycles. The number of carbonyl (C=O) groups is 2. The highest BCUT2D eigenvalue weighted by molar-refractivity contribution is 5.81. The number of amides is 2. The maximum atomic E-state index is 12.6. The third kappa shape index (κ3) is 5.48. The molecule has 2 amide bonds. The van der Waals surface area contributed by atoms with Crippen LogP contribution in [0.2, 0.25) is 0 Å². The van der Waals surface area contributed by atoms with Crippen molar-refractivity contribution in [3.05, 3.63) is 0 Å². The van der Waals surface area contributed by atoms with Gasteiger partial charge >= 0.3 is 0 Å². The van der Waals surface area contributed by atoms with E-state index in [1.807, 2.05) is 0 Å². The molecule has 0 radical (unpaired) electrons. The Kier molecular flexibility index (Phi) is 7.34. The molecule has 1 saturated carbocycles. The van der Waals surface area contributed by atoms with Crippen LogP contribution in [0.3, 0.4) is 0 Å². The zero-order chi connectivity index (χ0) is 16.7. The van der Waals surface area contributed by atoms with E-state index in [0.29, 0.717) is 25.0 Å². The molecule has 2 fully saturated rings. The third-order valence-electron chi connectivity index (χ3n) is 5.24. The predicted octanol–water partition coefficient (Wildman–Crippen LogP) is 2.20. The number of hydrogen-bond acceptors (Lipinski definition) is 3. The largest absolute Gasteiger partial charge is 0.385 e. The molecular formula is C18H32N2O3. The lowest BCUT2D eigenvalue weighted by molar-refractivity contribution is -0.140. The SMILES string of the molecule is COCCCNC(=O)C1CCC(C(=O)N2CCCC(C)C2)CC1. The lowest BCUT2D eigenvalue weighted by Crippen LogP contribution is -2.44. The van der Waals surface area contributed by atoms with Crippen LogP contribution in [0.25, 0.3) is 0 Å². The normalized spacial score (nSPS) is 28.4. The van der Waals surface area contributed by atoms with Crippen molar-refractivity contribution < 1.29 is 14.3 Å². The Morgan fingerprint density at radius 3 is 2.48 bits per heavy atom. The van der Waals surface area contributed by atoms with E-state index >= 15 is 0 Å². The van der Waals surface area contributed by atoms with Crippen LogP contribution >= 0.6 is 0 Å². The number of nitrogens with zero attached hydrogens (tertiary/aromatic N) is 1. The number of ether oxygens (including phenoxy) is 1. The number of likely N-dealkylation sites (tertiary alicyclic amines) is 1. The van der Waals surface area contributed by atoms with Crippen LogP contribution in [0.15, 0.2) is 0 Å². The number of rotatable bonds is 6. The average molecular weight is 324 g/mol. The Hall–Kier alpha value is -1.10. The zero-order valence-corrected chi connectivity index (χ0v) is 14.7. The summed E-state index contributed by atoms with van der Waals surface area (Å²) in [5, 5.41) is 2.99. The highest BCUT2D eigenvalue weighted by atomic mass is 16.5. The fourth-order valence-electron chi connectivity index (χ4n) is 3.82. The minimum absolute atomic E-state index is 0.0851. The molecule has 0 aromatic rings. The van der Waals surface area contributed by atoms with Gasteiger partial charge < -0.3 is 15.0 Å². The van der Waals surface area contributed by atoms with E-state index in [4.69, 9.17) is 4.74 Å². The smallest absolute Gasteiger partial charge is 0.225 e. The summed E-state index contributed by atoms with van der Waals surface area (Å²) in [5.41, 5.74) is 0. The zero-order valence-electron chi connectivity index (χ0n) is 14.7. The van der Waals surface area contributed by atoms with Crippen LogP contribution in [-0.2, 0) is 14.3 Å². The second-order valence-electron chi connectivity index (χ2n) is 7.22. The quantitative estimate of drug-likeness (QED) is 0.762. The molecule has 0 spiro atoms. The standard InChI is InChI=1S/C18H32N2O3/c1-14-5-3-11-20(13-14)18(22)16-8-6-15(7-9-16)17(21)19-10-4-12-23-2/h14-16H,3-13H2,1-2H3,(H,19,21). The van der Waals surface area contributed by atoms with Crippen molar-refractivity contribution in [2.24, 2.45) is 17.8 Å². The van der Waals surface area contributed by atoms with Gasteiger partial charge in [0.15, 0.2) is 0 Å². The molecule has 0 aromatic carbocycles. The van der Waals surface area contributed by atoms with Gasteiger partial charge in [-0.3, -0.25) is 9.59 Å². The first-order chi connectivity index (χ1) is 11.1. The van der Waals surface area contributed by atoms with Gasteiger partial charge in [0, 0.05) is 45.2 Å². The number of nitrogens with one attached hydrogen (secondary N) is 1. The molecule has 1 heterocycles. The van der Waals surface area contributed by atoms with Crippen LogP contribution < -0.4 is 5.32 Å². The second kappa shape index (κ2) is 9.26. The van der Waals surface area contributed by atoms with Gasteiger partial charge in [-0.05, 0) is 50.9 Å². The van der Waals surface area contributed by atoms with E-state index in [2.05, 4.69) is 17.1 Å². The summed E-state index contributed by atoms with van der Waals surface area (Å²) in [4.78, 5) is 26.8. The van der Waals surface area contributed by atoms with Crippen molar-refractivity contribution in [1.29, 1.82) is 0 Å². The molecule has 5 nitrogen and oxygen atoms in total. The van der Waals surface area contributed by atoms with Crippen LogP contribution in [0.1, 0.15) is 51.9 Å². The monoisotopic (exact) mass is 324 g/mol. The van der Waals surface area contributed by atoms with Crippen molar-refractivity contribution in [3.63, 3.8) is 0 Å². The summed E-state index contributed by atoms with van der Waals surface area (Å²) in [6, 6.07) is 0. The molecule has 132 valence electrons. The van der Waals surface area contributed by atoms with Gasteiger partial charge in [-0.1, -0.05) is 6.92 Å². The molecule has 1 aliphatic heterocycles. The van der Waals surface area contributed by atoms with Crippen molar-refractivity contribution in [2.45, 2.75) is 51.9 Å². The fourth-order valence-corrected chi connectivity index (χ4v) is 3.82. The highest BCUT2D eigenvalue weighted by Crippen LogP contribution is 2.31. The Labute approximate surface area is 140 Å². The van der Waals surface area contributed by atoms with E-state index < -0.39 is 0 Å². The summed E-state index contributed by atoms with van der Waals surface area (Å²) in [7, 11) is 1.67. The summed E-state index contributed by atoms with van der Waals surface area (Å²) < 4.78 is 4.98. The molecule has 1 atom stereocenters. The Balaban J connectivity index is 1.70. The molecular weight excluding hydrogens is 292 g/mol. The Morgan fingerprint density at radius 2 is 1.83 bits per heavy atom. The highest BCUT2D eigenvalue weighted by Gasteiger charge is 2.33. The van der Waals surface area contributed by atoms with E-state index in [0.717, 1.165) is 51.6 Å². The first-order valence-electron chi connectivity index (χ1n) is 9.17. The number of hydrogen-bond donors (Lipinski definition) is 1. The van der Waals surface area contributed by atoms with Gasteiger partial charge in [0.25, 0.3) is 0 Å². The van der Waals surface area contributed by atoms with Gasteiger partial charge in [-0.25, -0.2) is 0 Å². The summed E-state index contributed by atoms with van der Waals surface area (Å²) in [6.45, 7) is 5.42. The van der Waals surface area contributed by atoms with Crippen molar-refractivity contribution in [2.75, 3.05) is 33.4 Å². The van der Waals surface area contributed by atoms with E-state index in [1.165, 1.54) is 6.42 Å². The minimum atomic E-state index is 0.0851. The van der Waals surface area contributed by atoms with Crippen molar-refractivity contribution in [3.8, 4) is 0 Å². The van der Waals surface area contributed by atoms with Gasteiger partial charge in [0.1, 0.15) is 0 Å². The van der Waals surface area contributed by atoms with Crippen LogP contribution in [0.5, 0.6) is 0 Å². The summed E-state index contributed by atoms with van der Waals surface area (Å²) >= 11 is 0.